The summed E-state index contributed by atoms with van der Waals surface area (Å²) in [6, 6.07) is -0.746. The lowest BCUT2D eigenvalue weighted by Crippen LogP contribution is -2.46. The lowest BCUT2D eigenvalue weighted by atomic mass is 10.0. The molecule has 0 heterocycles. The lowest BCUT2D eigenvalue weighted by molar-refractivity contribution is -0.150. The van der Waals surface area contributed by atoms with Gasteiger partial charge in [0, 0.05) is 12.8 Å². The van der Waals surface area contributed by atoms with Gasteiger partial charge in [-0.1, -0.05) is 206 Å². The number of unbranched alkanes of at least 4 members (excludes halogenated alkanes) is 11. The minimum absolute atomic E-state index is 0.0224. The van der Waals surface area contributed by atoms with Crippen molar-refractivity contribution in [2.45, 2.75) is 212 Å². The number of hydrogen-bond acceptors (Lipinski definition) is 5. The van der Waals surface area contributed by atoms with E-state index in [1.165, 1.54) is 38.5 Å². The Morgan fingerprint density at radius 3 is 1.35 bits per heavy atom. The van der Waals surface area contributed by atoms with Gasteiger partial charge in [0.25, 0.3) is 0 Å². The maximum absolute atomic E-state index is 13.1. The van der Waals surface area contributed by atoms with Gasteiger partial charge in [-0.3, -0.25) is 9.59 Å². The van der Waals surface area contributed by atoms with Crippen LogP contribution in [0.5, 0.6) is 0 Å². The van der Waals surface area contributed by atoms with Gasteiger partial charge in [0.15, 0.2) is 0 Å². The van der Waals surface area contributed by atoms with Crippen LogP contribution in [0.15, 0.2) is 122 Å². The molecule has 0 radical (unpaired) electrons. The van der Waals surface area contributed by atoms with Crippen molar-refractivity contribution >= 4 is 11.9 Å². The average molecular weight is 858 g/mol. The van der Waals surface area contributed by atoms with Crippen molar-refractivity contribution in [1.82, 2.24) is 5.32 Å². The molecular formula is C56H91NO5. The molecule has 1 amide bonds. The molecule has 0 aliphatic rings. The molecule has 0 aliphatic carbocycles. The van der Waals surface area contributed by atoms with Gasteiger partial charge in [0.05, 0.1) is 25.2 Å². The van der Waals surface area contributed by atoms with Crippen molar-refractivity contribution in [1.29, 1.82) is 0 Å². The minimum atomic E-state index is -0.824. The molecule has 0 spiro atoms. The number of carbonyl (C=O) groups is 2. The Morgan fingerprint density at radius 2 is 0.903 bits per heavy atom. The summed E-state index contributed by atoms with van der Waals surface area (Å²) >= 11 is 0. The maximum atomic E-state index is 13.1. The summed E-state index contributed by atoms with van der Waals surface area (Å²) in [6.07, 6.45) is 67.0. The van der Waals surface area contributed by atoms with E-state index < -0.39 is 18.2 Å². The number of esters is 1. The molecule has 0 rings (SSSR count). The fourth-order valence-electron chi connectivity index (χ4n) is 6.59. The normalized spacial score (nSPS) is 14.3. The first-order chi connectivity index (χ1) is 30.5. The van der Waals surface area contributed by atoms with E-state index in [0.29, 0.717) is 19.3 Å². The van der Waals surface area contributed by atoms with Crippen LogP contribution in [0.1, 0.15) is 194 Å². The van der Waals surface area contributed by atoms with Crippen molar-refractivity contribution in [3.63, 3.8) is 0 Å². The molecule has 0 aromatic heterocycles. The average Bonchev–Trinajstić information content (AvgIpc) is 3.26. The second kappa shape index (κ2) is 48.3. The first-order valence-corrected chi connectivity index (χ1v) is 24.8. The Kier molecular flexibility index (Phi) is 45.4. The molecule has 0 aliphatic heterocycles. The standard InChI is InChI=1S/C56H91NO5/c1-4-7-10-13-16-19-21-23-25-26-27-28-30-32-34-37-40-43-46-49-56(61)62-52(47-44-41-38-36-33-31-29-24-22-20-17-14-11-8-5-2)50-55(60)57-53(51-58)54(59)48-45-42-39-35-18-15-12-9-6-3/h7-8,10-11,16-17,19-20,23-25,27-29,32-34,36,41,44,52-54,58-59H,4-6,9,12-15,18,21-22,26,30-31,35,37-40,42-43,45-51H2,1-3H3,(H,57,60)/b10-7-,11-8-,19-16-,20-17-,25-23-,28-27-,29-24-,34-32-,36-33-,44-41-. The van der Waals surface area contributed by atoms with E-state index in [1.54, 1.807) is 0 Å². The first-order valence-electron chi connectivity index (χ1n) is 24.8. The van der Waals surface area contributed by atoms with Crippen LogP contribution in [0.25, 0.3) is 0 Å². The number of amides is 1. The van der Waals surface area contributed by atoms with Gasteiger partial charge in [-0.05, 0) is 89.9 Å². The SMILES string of the molecule is CC/C=C\C/C=C\C/C=C\C/C=C\C/C=C\CCCCCC(=O)OC(C/C=C\C/C=C\C/C=C\C/C=C\C/C=C\CC)CC(=O)NC(CO)C(O)CCCCCCCCCCC. The molecule has 62 heavy (non-hydrogen) atoms. The zero-order chi connectivity index (χ0) is 45.2. The van der Waals surface area contributed by atoms with E-state index in [9.17, 15) is 19.8 Å². The molecule has 0 bridgehead atoms. The van der Waals surface area contributed by atoms with E-state index in [-0.39, 0.29) is 24.9 Å². The van der Waals surface area contributed by atoms with Crippen LogP contribution >= 0.6 is 0 Å². The summed E-state index contributed by atoms with van der Waals surface area (Å²) in [7, 11) is 0. The molecule has 6 heteroatoms. The van der Waals surface area contributed by atoms with Crippen molar-refractivity contribution < 1.29 is 24.5 Å². The van der Waals surface area contributed by atoms with E-state index in [0.717, 1.165) is 109 Å². The lowest BCUT2D eigenvalue weighted by Gasteiger charge is -2.24. The molecule has 3 atom stereocenters. The second-order valence-electron chi connectivity index (χ2n) is 16.1. The molecule has 350 valence electrons. The number of carbonyl (C=O) groups excluding carboxylic acids is 2. The number of nitrogens with one attached hydrogen (secondary N) is 1. The fourth-order valence-corrected chi connectivity index (χ4v) is 6.59. The van der Waals surface area contributed by atoms with Gasteiger partial charge >= 0.3 is 5.97 Å². The quantitative estimate of drug-likeness (QED) is 0.0323. The monoisotopic (exact) mass is 858 g/mol. The van der Waals surface area contributed by atoms with E-state index >= 15 is 0 Å². The fraction of sp³-hybridized carbons (Fsp3) is 0.607. The van der Waals surface area contributed by atoms with Crippen LogP contribution in [-0.2, 0) is 14.3 Å². The number of aliphatic hydroxyl groups is 2. The molecule has 0 fully saturated rings. The molecule has 6 nitrogen and oxygen atoms in total. The maximum Gasteiger partial charge on any atom is 0.306 e. The van der Waals surface area contributed by atoms with Crippen molar-refractivity contribution in [2.75, 3.05) is 6.61 Å². The third-order valence-electron chi connectivity index (χ3n) is 10.3. The zero-order valence-electron chi connectivity index (χ0n) is 39.7. The van der Waals surface area contributed by atoms with E-state index in [4.69, 9.17) is 4.74 Å². The Labute approximate surface area is 380 Å². The van der Waals surface area contributed by atoms with Crippen LogP contribution in [0.4, 0.5) is 0 Å². The number of rotatable bonds is 42. The second-order valence-corrected chi connectivity index (χ2v) is 16.1. The first kappa shape index (κ1) is 58.3. The summed E-state index contributed by atoms with van der Waals surface area (Å²) in [5, 5.41) is 23.6. The highest BCUT2D eigenvalue weighted by Gasteiger charge is 2.23. The van der Waals surface area contributed by atoms with Crippen LogP contribution in [0.2, 0.25) is 0 Å². The predicted molar refractivity (Wildman–Crippen MR) is 268 cm³/mol. The van der Waals surface area contributed by atoms with E-state index in [2.05, 4.69) is 135 Å². The molecule has 0 aromatic rings. The third kappa shape index (κ3) is 42.9. The Morgan fingerprint density at radius 1 is 0.500 bits per heavy atom. The summed E-state index contributed by atoms with van der Waals surface area (Å²) in [6.45, 7) is 6.18. The minimum Gasteiger partial charge on any atom is -0.461 e. The number of hydrogen-bond donors (Lipinski definition) is 3. The smallest absolute Gasteiger partial charge is 0.306 e. The third-order valence-corrected chi connectivity index (χ3v) is 10.3. The summed E-state index contributed by atoms with van der Waals surface area (Å²) in [5.74, 6) is -0.633. The summed E-state index contributed by atoms with van der Waals surface area (Å²) in [4.78, 5) is 26.1. The van der Waals surface area contributed by atoms with Gasteiger partial charge in [-0.2, -0.15) is 0 Å². The molecule has 0 saturated heterocycles. The van der Waals surface area contributed by atoms with Gasteiger partial charge in [0.2, 0.25) is 5.91 Å². The number of allylic oxidation sites excluding steroid dienone is 19. The highest BCUT2D eigenvalue weighted by Crippen LogP contribution is 2.15. The number of ether oxygens (including phenoxy) is 1. The Hall–Kier alpha value is -3.74. The van der Waals surface area contributed by atoms with Crippen LogP contribution in [0, 0.1) is 0 Å². The van der Waals surface area contributed by atoms with E-state index in [1.807, 2.05) is 12.2 Å². The van der Waals surface area contributed by atoms with Crippen LogP contribution in [-0.4, -0.2) is 46.9 Å². The molecule has 3 N–H and O–H groups in total. The van der Waals surface area contributed by atoms with Gasteiger partial charge in [-0.15, -0.1) is 0 Å². The van der Waals surface area contributed by atoms with Crippen molar-refractivity contribution in [3.05, 3.63) is 122 Å². The Balaban J connectivity index is 4.80. The Bertz CT molecular complexity index is 1330. The molecular weight excluding hydrogens is 767 g/mol. The topological polar surface area (TPSA) is 95.9 Å². The zero-order valence-corrected chi connectivity index (χ0v) is 39.7. The number of aliphatic hydroxyl groups excluding tert-OH is 2. The van der Waals surface area contributed by atoms with Gasteiger partial charge < -0.3 is 20.3 Å². The van der Waals surface area contributed by atoms with Gasteiger partial charge in [0.1, 0.15) is 6.10 Å². The predicted octanol–water partition coefficient (Wildman–Crippen LogP) is 14.9. The van der Waals surface area contributed by atoms with Crippen LogP contribution in [0.3, 0.4) is 0 Å². The molecule has 0 aromatic carbocycles. The highest BCUT2D eigenvalue weighted by molar-refractivity contribution is 5.77. The van der Waals surface area contributed by atoms with Crippen molar-refractivity contribution in [2.24, 2.45) is 0 Å². The van der Waals surface area contributed by atoms with Gasteiger partial charge in [-0.25, -0.2) is 0 Å². The largest absolute Gasteiger partial charge is 0.461 e. The summed E-state index contributed by atoms with van der Waals surface area (Å²) < 4.78 is 5.84. The molecule has 0 saturated carbocycles. The van der Waals surface area contributed by atoms with Crippen LogP contribution < -0.4 is 5.32 Å². The molecule has 3 unspecified atom stereocenters. The highest BCUT2D eigenvalue weighted by atomic mass is 16.5. The van der Waals surface area contributed by atoms with Crippen molar-refractivity contribution in [3.8, 4) is 0 Å². The summed E-state index contributed by atoms with van der Waals surface area (Å²) in [5.41, 5.74) is 0.